The van der Waals surface area contributed by atoms with Gasteiger partial charge in [0.05, 0.1) is 15.1 Å². The number of hydrogen-bond donors (Lipinski definition) is 1. The summed E-state index contributed by atoms with van der Waals surface area (Å²) in [6.45, 7) is 2.20. The van der Waals surface area contributed by atoms with E-state index in [1.165, 1.54) is 18.4 Å². The Bertz CT molecular complexity index is 476. The minimum absolute atomic E-state index is 0.00904. The van der Waals surface area contributed by atoms with E-state index in [0.717, 1.165) is 0 Å². The number of allylic oxidation sites excluding steroid dienone is 4. The van der Waals surface area contributed by atoms with Crippen LogP contribution in [0.15, 0.2) is 22.0 Å². The van der Waals surface area contributed by atoms with Crippen molar-refractivity contribution in [2.24, 2.45) is 0 Å². The first-order chi connectivity index (χ1) is 9.31. The van der Waals surface area contributed by atoms with E-state index in [9.17, 15) is 5.11 Å². The fourth-order valence-electron chi connectivity index (χ4n) is 1.66. The van der Waals surface area contributed by atoms with Gasteiger partial charge < -0.3 is 5.11 Å². The first-order valence-electron chi connectivity index (χ1n) is 5.86. The van der Waals surface area contributed by atoms with Gasteiger partial charge in [-0.05, 0) is 0 Å². The Morgan fingerprint density at radius 1 is 1.00 bits per heavy atom. The average molecular weight is 366 g/mol. The Balaban J connectivity index is 0.000000217. The van der Waals surface area contributed by atoms with Crippen molar-refractivity contribution in [1.82, 2.24) is 0 Å². The molecular weight excluding hydrogens is 356 g/mol. The molecule has 1 aromatic rings. The molecule has 0 amide bonds. The first-order valence-corrected chi connectivity index (χ1v) is 7.75. The molecule has 0 heterocycles. The van der Waals surface area contributed by atoms with E-state index in [1.54, 1.807) is 4.25 Å². The Hall–Kier alpha value is 0.547. The van der Waals surface area contributed by atoms with E-state index < -0.39 is 0 Å². The van der Waals surface area contributed by atoms with Gasteiger partial charge in [0.2, 0.25) is 0 Å². The number of rotatable bonds is 1. The van der Waals surface area contributed by atoms with Crippen molar-refractivity contribution in [1.29, 1.82) is 0 Å². The van der Waals surface area contributed by atoms with Crippen LogP contribution < -0.4 is 0 Å². The van der Waals surface area contributed by atoms with Crippen LogP contribution in [0.5, 0.6) is 5.75 Å². The van der Waals surface area contributed by atoms with Gasteiger partial charge in [-0.25, -0.2) is 0 Å². The third-order valence-corrected chi connectivity index (χ3v) is 5.12. The van der Waals surface area contributed by atoms with Gasteiger partial charge in [0.15, 0.2) is 5.75 Å². The molecule has 0 aromatic heterocycles. The van der Waals surface area contributed by atoms with Crippen molar-refractivity contribution >= 4 is 75.7 Å². The zero-order chi connectivity index (χ0) is 15.4. The standard InChI is InChI=1S/C7H9.C6HCl5O.Li/c1-2-7-5-3-4-6-7;7-1-2(8)4(10)6(12)5(11)3(1)9;/h3,5H,2,4H2,1H3;12H;. The second-order valence-corrected chi connectivity index (χ2v) is 6.07. The van der Waals surface area contributed by atoms with Crippen LogP contribution >= 0.6 is 58.0 Å². The molecule has 1 aliphatic carbocycles. The summed E-state index contributed by atoms with van der Waals surface area (Å²) in [5, 5.41) is 9.01. The van der Waals surface area contributed by atoms with Gasteiger partial charge >= 0.3 is 59.5 Å². The normalized spacial score (nSPS) is 13.6. The summed E-state index contributed by atoms with van der Waals surface area (Å²) < 4.78 is 1.55. The third kappa shape index (κ3) is 4.28. The van der Waals surface area contributed by atoms with Crippen molar-refractivity contribution in [2.75, 3.05) is 0 Å². The maximum absolute atomic E-state index is 9.20. The van der Waals surface area contributed by atoms with Gasteiger partial charge in [-0.1, -0.05) is 58.0 Å². The van der Waals surface area contributed by atoms with Gasteiger partial charge in [-0.2, -0.15) is 0 Å². The summed E-state index contributed by atoms with van der Waals surface area (Å²) in [7, 11) is 0. The molecule has 104 valence electrons. The molecule has 1 nitrogen and oxygen atoms in total. The van der Waals surface area contributed by atoms with Crippen LogP contribution in [0.1, 0.15) is 19.8 Å². The van der Waals surface area contributed by atoms with Gasteiger partial charge in [-0.3, -0.25) is 0 Å². The zero-order valence-electron chi connectivity index (χ0n) is 10.9. The molecule has 0 saturated carbocycles. The Kier molecular flexibility index (Phi) is 7.67. The van der Waals surface area contributed by atoms with Gasteiger partial charge in [0.1, 0.15) is 10.0 Å². The van der Waals surface area contributed by atoms with E-state index in [1.807, 2.05) is 0 Å². The van der Waals surface area contributed by atoms with Crippen molar-refractivity contribution in [3.63, 3.8) is 0 Å². The molecule has 0 unspecified atom stereocenters. The fourth-order valence-corrected chi connectivity index (χ4v) is 2.79. The molecule has 2 rings (SSSR count). The summed E-state index contributed by atoms with van der Waals surface area (Å²) in [6.07, 6.45) is 6.84. The number of hydrogen-bond acceptors (Lipinski definition) is 1. The summed E-state index contributed by atoms with van der Waals surface area (Å²) in [4.78, 5) is 0. The molecule has 0 atom stereocenters. The molecular formula is C13H10Cl5LiO. The van der Waals surface area contributed by atoms with Crippen LogP contribution in [0.3, 0.4) is 0 Å². The molecule has 0 aliphatic heterocycles. The second-order valence-electron chi connectivity index (χ2n) is 4.18. The van der Waals surface area contributed by atoms with Crippen LogP contribution in [0.2, 0.25) is 25.1 Å². The molecule has 20 heavy (non-hydrogen) atoms. The molecule has 0 radical (unpaired) electrons. The van der Waals surface area contributed by atoms with E-state index in [-0.39, 0.29) is 30.9 Å². The second kappa shape index (κ2) is 8.25. The summed E-state index contributed by atoms with van der Waals surface area (Å²) >= 11 is 30.1. The van der Waals surface area contributed by atoms with Crippen molar-refractivity contribution in [3.8, 4) is 5.75 Å². The molecule has 1 aliphatic rings. The van der Waals surface area contributed by atoms with Crippen LogP contribution in [0, 0.1) is 0 Å². The number of aromatic hydroxyl groups is 1. The number of halogens is 5. The molecule has 0 bridgehead atoms. The predicted molar refractivity (Wildman–Crippen MR) is 90.0 cm³/mol. The minimum atomic E-state index is -0.363. The third-order valence-electron chi connectivity index (χ3n) is 2.86. The van der Waals surface area contributed by atoms with Crippen molar-refractivity contribution < 1.29 is 5.11 Å². The summed E-state index contributed by atoms with van der Waals surface area (Å²) in [5.74, 6) is -0.363. The Morgan fingerprint density at radius 3 is 1.75 bits per heavy atom. The van der Waals surface area contributed by atoms with Gasteiger partial charge in [0, 0.05) is 0 Å². The summed E-state index contributed by atoms with van der Waals surface area (Å²) in [5.41, 5.74) is 1.53. The topological polar surface area (TPSA) is 20.2 Å². The number of phenolic OH excluding ortho intramolecular Hbond substituents is 1. The molecule has 0 fully saturated rings. The number of phenols is 1. The van der Waals surface area contributed by atoms with Crippen molar-refractivity contribution in [3.05, 3.63) is 47.1 Å². The molecule has 1 N–H and O–H groups in total. The first kappa shape index (κ1) is 18.6. The summed E-state index contributed by atoms with van der Waals surface area (Å²) in [6, 6.07) is 0. The van der Waals surface area contributed by atoms with E-state index in [4.69, 9.17) is 58.0 Å². The average Bonchev–Trinajstić information content (AvgIpc) is 2.87. The van der Waals surface area contributed by atoms with Crippen molar-refractivity contribution in [2.45, 2.75) is 19.8 Å². The van der Waals surface area contributed by atoms with E-state index in [0.29, 0.717) is 0 Å². The van der Waals surface area contributed by atoms with Gasteiger partial charge in [-0.15, -0.1) is 0 Å². The molecule has 7 heteroatoms. The Labute approximate surface area is 152 Å². The maximum atomic E-state index is 9.20. The van der Waals surface area contributed by atoms with E-state index in [2.05, 4.69) is 36.8 Å². The van der Waals surface area contributed by atoms with Crippen LogP contribution in [0.25, 0.3) is 0 Å². The molecule has 0 saturated heterocycles. The Morgan fingerprint density at radius 2 is 1.45 bits per heavy atom. The van der Waals surface area contributed by atoms with Gasteiger partial charge in [0.25, 0.3) is 0 Å². The van der Waals surface area contributed by atoms with Crippen LogP contribution in [-0.2, 0) is 0 Å². The van der Waals surface area contributed by atoms with Crippen LogP contribution in [0.4, 0.5) is 0 Å². The predicted octanol–water partition coefficient (Wildman–Crippen LogP) is 6.44. The SMILES string of the molecule is Oc1c(Cl)c(Cl)c(Cl)c(Cl)c1Cl.[Li][C]1=C(CC)C=CC1. The number of benzene rings is 1. The monoisotopic (exact) mass is 364 g/mol. The molecule has 1 aromatic carbocycles. The van der Waals surface area contributed by atoms with Crippen LogP contribution in [-0.4, -0.2) is 22.8 Å². The van der Waals surface area contributed by atoms with E-state index >= 15 is 0 Å². The zero-order valence-corrected chi connectivity index (χ0v) is 14.7. The fraction of sp³-hybridized carbons (Fsp3) is 0.231. The molecule has 0 spiro atoms. The quantitative estimate of drug-likeness (QED) is 0.344.